The van der Waals surface area contributed by atoms with E-state index in [9.17, 15) is 13.6 Å². The maximum Gasteiger partial charge on any atom is 0.332 e. The lowest BCUT2D eigenvalue weighted by Gasteiger charge is -2.09. The Kier molecular flexibility index (Phi) is 4.15. The first-order valence-corrected chi connectivity index (χ1v) is 8.08. The van der Waals surface area contributed by atoms with E-state index in [-0.39, 0.29) is 11.4 Å². The Morgan fingerprint density at radius 3 is 2.74 bits per heavy atom. The Hall–Kier alpha value is -3.55. The largest absolute Gasteiger partial charge is 0.495 e. The van der Waals surface area contributed by atoms with Crippen molar-refractivity contribution in [3.05, 3.63) is 70.8 Å². The number of aromatic nitrogens is 4. The Labute approximate surface area is 152 Å². The minimum Gasteiger partial charge on any atom is -0.495 e. The van der Waals surface area contributed by atoms with Gasteiger partial charge in [0.2, 0.25) is 0 Å². The fourth-order valence-electron chi connectivity index (χ4n) is 2.89. The normalized spacial score (nSPS) is 11.3. The van der Waals surface area contributed by atoms with Crippen molar-refractivity contribution in [1.29, 1.82) is 0 Å². The average molecular weight is 368 g/mol. The lowest BCUT2D eigenvalue weighted by Crippen LogP contribution is -2.15. The Bertz CT molecular complexity index is 1180. The summed E-state index contributed by atoms with van der Waals surface area (Å²) < 4.78 is 32.7. The third-order valence-corrected chi connectivity index (χ3v) is 4.15. The molecule has 0 spiro atoms. The highest BCUT2D eigenvalue weighted by Gasteiger charge is 2.16. The van der Waals surface area contributed by atoms with Crippen LogP contribution in [0.25, 0.3) is 28.2 Å². The maximum atomic E-state index is 13.0. The number of imidazole rings is 1. The standard InChI is InChI=1S/C19H14F2N4O2/c1-27-15-8-3-2-7-14(15)25-18-13(23-19(25)26)10-22-17(24-18)12-6-4-5-11(9-12)16(20)21/h2-10,16H,1H3,(H,23,26). The van der Waals surface area contributed by atoms with Crippen LogP contribution < -0.4 is 10.4 Å². The molecule has 27 heavy (non-hydrogen) atoms. The molecule has 0 saturated carbocycles. The summed E-state index contributed by atoms with van der Waals surface area (Å²) in [6.45, 7) is 0. The van der Waals surface area contributed by atoms with Gasteiger partial charge in [-0.3, -0.25) is 0 Å². The molecule has 0 bridgehead atoms. The highest BCUT2D eigenvalue weighted by molar-refractivity contribution is 5.75. The number of aromatic amines is 1. The number of H-pyrrole nitrogens is 1. The van der Waals surface area contributed by atoms with E-state index in [1.807, 2.05) is 0 Å². The van der Waals surface area contributed by atoms with E-state index in [0.29, 0.717) is 28.2 Å². The Morgan fingerprint density at radius 1 is 1.15 bits per heavy atom. The molecule has 0 amide bonds. The predicted molar refractivity (Wildman–Crippen MR) is 96.4 cm³/mol. The Morgan fingerprint density at radius 2 is 1.96 bits per heavy atom. The number of halogens is 2. The number of hydrogen-bond donors (Lipinski definition) is 1. The van der Waals surface area contributed by atoms with Crippen LogP contribution >= 0.6 is 0 Å². The van der Waals surface area contributed by atoms with E-state index in [2.05, 4.69) is 15.0 Å². The number of fused-ring (bicyclic) bond motifs is 1. The van der Waals surface area contributed by atoms with E-state index >= 15 is 0 Å². The van der Waals surface area contributed by atoms with Crippen LogP contribution in [0.15, 0.2) is 59.5 Å². The van der Waals surface area contributed by atoms with Gasteiger partial charge in [-0.2, -0.15) is 0 Å². The van der Waals surface area contributed by atoms with Crippen molar-refractivity contribution < 1.29 is 13.5 Å². The van der Waals surface area contributed by atoms with Crippen molar-refractivity contribution in [3.63, 3.8) is 0 Å². The second-order valence-corrected chi connectivity index (χ2v) is 5.79. The molecule has 136 valence electrons. The second kappa shape index (κ2) is 6.64. The first-order valence-electron chi connectivity index (χ1n) is 8.08. The zero-order valence-electron chi connectivity index (χ0n) is 14.2. The SMILES string of the molecule is COc1ccccc1-n1c(=O)[nH]c2cnc(-c3cccc(C(F)F)c3)nc21. The maximum absolute atomic E-state index is 13.0. The number of hydrogen-bond acceptors (Lipinski definition) is 4. The van der Waals surface area contributed by atoms with E-state index in [1.165, 1.54) is 36.1 Å². The van der Waals surface area contributed by atoms with Crippen molar-refractivity contribution in [1.82, 2.24) is 19.5 Å². The number of nitrogens with zero attached hydrogens (tertiary/aromatic N) is 3. The van der Waals surface area contributed by atoms with E-state index in [4.69, 9.17) is 4.74 Å². The highest BCUT2D eigenvalue weighted by Crippen LogP contribution is 2.26. The second-order valence-electron chi connectivity index (χ2n) is 5.79. The number of methoxy groups -OCH3 is 1. The summed E-state index contributed by atoms with van der Waals surface area (Å²) in [5.74, 6) is 0.744. The van der Waals surface area contributed by atoms with E-state index in [1.54, 1.807) is 30.3 Å². The topological polar surface area (TPSA) is 72.8 Å². The van der Waals surface area contributed by atoms with Crippen LogP contribution in [0.4, 0.5) is 8.78 Å². The first kappa shape index (κ1) is 16.9. The molecule has 0 atom stereocenters. The fourth-order valence-corrected chi connectivity index (χ4v) is 2.89. The van der Waals surface area contributed by atoms with Crippen molar-refractivity contribution in [2.24, 2.45) is 0 Å². The third-order valence-electron chi connectivity index (χ3n) is 4.15. The van der Waals surface area contributed by atoms with Gasteiger partial charge < -0.3 is 9.72 Å². The van der Waals surface area contributed by atoms with Crippen LogP contribution in [-0.2, 0) is 0 Å². The summed E-state index contributed by atoms with van der Waals surface area (Å²) in [6, 6.07) is 12.9. The zero-order valence-corrected chi connectivity index (χ0v) is 14.2. The molecule has 0 aliphatic heterocycles. The van der Waals surface area contributed by atoms with Gasteiger partial charge in [0, 0.05) is 11.1 Å². The minimum atomic E-state index is -2.59. The average Bonchev–Trinajstić information content (AvgIpc) is 3.02. The van der Waals surface area contributed by atoms with Crippen molar-refractivity contribution in [3.8, 4) is 22.8 Å². The number of alkyl halides is 2. The molecule has 0 aliphatic carbocycles. The number of nitrogens with one attached hydrogen (secondary N) is 1. The molecule has 4 rings (SSSR count). The van der Waals surface area contributed by atoms with Gasteiger partial charge in [-0.1, -0.05) is 30.3 Å². The lowest BCUT2D eigenvalue weighted by atomic mass is 10.1. The summed E-state index contributed by atoms with van der Waals surface area (Å²) in [7, 11) is 1.51. The van der Waals surface area contributed by atoms with Gasteiger partial charge in [0.1, 0.15) is 11.3 Å². The molecule has 0 unspecified atom stereocenters. The molecule has 2 aromatic carbocycles. The number of para-hydroxylation sites is 2. The van der Waals surface area contributed by atoms with E-state index in [0.717, 1.165) is 0 Å². The third kappa shape index (κ3) is 2.95. The van der Waals surface area contributed by atoms with Crippen LogP contribution in [0.2, 0.25) is 0 Å². The van der Waals surface area contributed by atoms with Crippen LogP contribution in [0.5, 0.6) is 5.75 Å². The predicted octanol–water partition coefficient (Wildman–Crippen LogP) is 3.72. The van der Waals surface area contributed by atoms with Crippen LogP contribution in [0.1, 0.15) is 12.0 Å². The van der Waals surface area contributed by atoms with Gasteiger partial charge in [0.05, 0.1) is 19.0 Å². The van der Waals surface area contributed by atoms with Gasteiger partial charge in [-0.05, 0) is 18.2 Å². The zero-order chi connectivity index (χ0) is 19.0. The summed E-state index contributed by atoms with van der Waals surface area (Å²) in [6.07, 6.45) is -1.13. The molecular weight excluding hydrogens is 354 g/mol. The van der Waals surface area contributed by atoms with Crippen molar-refractivity contribution in [2.45, 2.75) is 6.43 Å². The molecule has 1 N–H and O–H groups in total. The molecular formula is C19H14F2N4O2. The Balaban J connectivity index is 1.93. The summed E-state index contributed by atoms with van der Waals surface area (Å²) in [5.41, 5.74) is 1.20. The number of rotatable bonds is 4. The molecule has 0 fully saturated rings. The molecule has 4 aromatic rings. The molecule has 6 nitrogen and oxygen atoms in total. The molecule has 8 heteroatoms. The van der Waals surface area contributed by atoms with Gasteiger partial charge in [0.25, 0.3) is 6.43 Å². The lowest BCUT2D eigenvalue weighted by molar-refractivity contribution is 0.151. The van der Waals surface area contributed by atoms with Crippen LogP contribution in [0, 0.1) is 0 Å². The van der Waals surface area contributed by atoms with Crippen molar-refractivity contribution in [2.75, 3.05) is 7.11 Å². The highest BCUT2D eigenvalue weighted by atomic mass is 19.3. The van der Waals surface area contributed by atoms with E-state index < -0.39 is 12.1 Å². The number of ether oxygens (including phenoxy) is 1. The van der Waals surface area contributed by atoms with Crippen LogP contribution in [0.3, 0.4) is 0 Å². The molecule has 2 heterocycles. The first-order chi connectivity index (χ1) is 13.1. The molecule has 0 radical (unpaired) electrons. The van der Waals surface area contributed by atoms with Gasteiger partial charge in [0.15, 0.2) is 11.5 Å². The quantitative estimate of drug-likeness (QED) is 0.596. The van der Waals surface area contributed by atoms with Gasteiger partial charge in [-0.15, -0.1) is 0 Å². The van der Waals surface area contributed by atoms with Gasteiger partial charge in [-0.25, -0.2) is 28.1 Å². The monoisotopic (exact) mass is 368 g/mol. The number of benzene rings is 2. The summed E-state index contributed by atoms with van der Waals surface area (Å²) in [5, 5.41) is 0. The molecule has 0 aliphatic rings. The summed E-state index contributed by atoms with van der Waals surface area (Å²) >= 11 is 0. The smallest absolute Gasteiger partial charge is 0.332 e. The fraction of sp³-hybridized carbons (Fsp3) is 0.105. The van der Waals surface area contributed by atoms with Gasteiger partial charge >= 0.3 is 5.69 Å². The van der Waals surface area contributed by atoms with Crippen LogP contribution in [-0.4, -0.2) is 26.6 Å². The summed E-state index contributed by atoms with van der Waals surface area (Å²) in [4.78, 5) is 23.8. The van der Waals surface area contributed by atoms with Crippen molar-refractivity contribution >= 4 is 11.2 Å². The minimum absolute atomic E-state index is 0.118. The molecule has 2 aromatic heterocycles. The molecule has 0 saturated heterocycles.